The molecule has 0 heterocycles. The standard InChI is InChI=1S/C12H15FOS/c1-9-2-3-10(6-11(9)13)14-7-12(8-15)4-5-12/h2-3,6,15H,4-5,7-8H2,1H3. The van der Waals surface area contributed by atoms with E-state index < -0.39 is 0 Å². The molecule has 1 fully saturated rings. The second-order valence-electron chi connectivity index (χ2n) is 4.36. The number of aryl methyl sites for hydroxylation is 1. The van der Waals surface area contributed by atoms with Crippen molar-refractivity contribution in [1.82, 2.24) is 0 Å². The van der Waals surface area contributed by atoms with Crippen molar-refractivity contribution in [2.24, 2.45) is 5.41 Å². The van der Waals surface area contributed by atoms with Crippen LogP contribution in [0.25, 0.3) is 0 Å². The Balaban J connectivity index is 1.96. The molecule has 0 N–H and O–H groups in total. The molecule has 0 bridgehead atoms. The quantitative estimate of drug-likeness (QED) is 0.776. The molecule has 0 radical (unpaired) electrons. The highest BCUT2D eigenvalue weighted by Crippen LogP contribution is 2.46. The minimum Gasteiger partial charge on any atom is -0.493 e. The minimum absolute atomic E-state index is 0.205. The van der Waals surface area contributed by atoms with Crippen LogP contribution in [0.1, 0.15) is 18.4 Å². The van der Waals surface area contributed by atoms with Crippen LogP contribution in [0.2, 0.25) is 0 Å². The van der Waals surface area contributed by atoms with Crippen molar-refractivity contribution in [3.63, 3.8) is 0 Å². The van der Waals surface area contributed by atoms with Gasteiger partial charge in [-0.3, -0.25) is 0 Å². The van der Waals surface area contributed by atoms with E-state index in [0.29, 0.717) is 17.9 Å². The number of ether oxygens (including phenoxy) is 1. The van der Waals surface area contributed by atoms with Crippen LogP contribution >= 0.6 is 12.6 Å². The second-order valence-corrected chi connectivity index (χ2v) is 4.67. The van der Waals surface area contributed by atoms with Crippen LogP contribution < -0.4 is 4.74 Å². The van der Waals surface area contributed by atoms with E-state index in [1.807, 2.05) is 6.07 Å². The van der Waals surface area contributed by atoms with Crippen LogP contribution in [0.4, 0.5) is 4.39 Å². The Bertz CT molecular complexity index is 361. The molecule has 1 aromatic carbocycles. The Morgan fingerprint density at radius 1 is 1.47 bits per heavy atom. The normalized spacial score (nSPS) is 17.5. The number of benzene rings is 1. The van der Waals surface area contributed by atoms with Gasteiger partial charge in [0.2, 0.25) is 0 Å². The van der Waals surface area contributed by atoms with Gasteiger partial charge in [-0.2, -0.15) is 12.6 Å². The van der Waals surface area contributed by atoms with Crippen LogP contribution in [-0.4, -0.2) is 12.4 Å². The van der Waals surface area contributed by atoms with Crippen LogP contribution in [0.3, 0.4) is 0 Å². The third-order valence-electron chi connectivity index (χ3n) is 2.98. The van der Waals surface area contributed by atoms with Crippen molar-refractivity contribution >= 4 is 12.6 Å². The van der Waals surface area contributed by atoms with E-state index in [1.165, 1.54) is 18.9 Å². The molecule has 1 saturated carbocycles. The maximum Gasteiger partial charge on any atom is 0.129 e. The van der Waals surface area contributed by atoms with E-state index >= 15 is 0 Å². The molecule has 0 aromatic heterocycles. The molecule has 1 aliphatic carbocycles. The Labute approximate surface area is 95.0 Å². The lowest BCUT2D eigenvalue weighted by Gasteiger charge is -2.13. The van der Waals surface area contributed by atoms with Crippen LogP contribution in [0.15, 0.2) is 18.2 Å². The highest BCUT2D eigenvalue weighted by atomic mass is 32.1. The number of hydrogen-bond acceptors (Lipinski definition) is 2. The summed E-state index contributed by atoms with van der Waals surface area (Å²) in [6, 6.07) is 5.00. The average Bonchev–Trinajstić information content (AvgIpc) is 3.01. The summed E-state index contributed by atoms with van der Waals surface area (Å²) in [6.07, 6.45) is 2.34. The van der Waals surface area contributed by atoms with Gasteiger partial charge >= 0.3 is 0 Å². The summed E-state index contributed by atoms with van der Waals surface area (Å²) in [6.45, 7) is 2.40. The molecule has 1 aliphatic rings. The van der Waals surface area contributed by atoms with Gasteiger partial charge in [-0.05, 0) is 37.1 Å². The molecule has 2 rings (SSSR count). The number of rotatable bonds is 4. The molecule has 0 aliphatic heterocycles. The summed E-state index contributed by atoms with van der Waals surface area (Å²) in [4.78, 5) is 0. The molecule has 15 heavy (non-hydrogen) atoms. The molecule has 0 saturated heterocycles. The largest absolute Gasteiger partial charge is 0.493 e. The van der Waals surface area contributed by atoms with Crippen molar-refractivity contribution < 1.29 is 9.13 Å². The van der Waals surface area contributed by atoms with Gasteiger partial charge in [0.25, 0.3) is 0 Å². The van der Waals surface area contributed by atoms with Gasteiger partial charge in [0.05, 0.1) is 6.61 Å². The zero-order valence-electron chi connectivity index (χ0n) is 8.79. The molecule has 82 valence electrons. The maximum absolute atomic E-state index is 13.2. The van der Waals surface area contributed by atoms with Crippen molar-refractivity contribution in [2.75, 3.05) is 12.4 Å². The molecule has 0 unspecified atom stereocenters. The topological polar surface area (TPSA) is 9.23 Å². The smallest absolute Gasteiger partial charge is 0.129 e. The Kier molecular flexibility index (Phi) is 2.91. The molecule has 0 amide bonds. The fourth-order valence-corrected chi connectivity index (χ4v) is 1.83. The lowest BCUT2D eigenvalue weighted by Crippen LogP contribution is -2.14. The summed E-state index contributed by atoms with van der Waals surface area (Å²) >= 11 is 4.29. The number of halogens is 1. The van der Waals surface area contributed by atoms with Gasteiger partial charge in [0, 0.05) is 11.5 Å². The zero-order valence-corrected chi connectivity index (χ0v) is 9.69. The molecule has 1 nitrogen and oxygen atoms in total. The van der Waals surface area contributed by atoms with Crippen molar-refractivity contribution in [1.29, 1.82) is 0 Å². The van der Waals surface area contributed by atoms with E-state index in [0.717, 1.165) is 5.75 Å². The average molecular weight is 226 g/mol. The van der Waals surface area contributed by atoms with Gasteiger partial charge in [0.1, 0.15) is 11.6 Å². The lowest BCUT2D eigenvalue weighted by molar-refractivity contribution is 0.249. The SMILES string of the molecule is Cc1ccc(OCC2(CS)CC2)cc1F. The molecule has 1 aromatic rings. The van der Waals surface area contributed by atoms with E-state index in [9.17, 15) is 4.39 Å². The first-order valence-corrected chi connectivity index (χ1v) is 5.78. The summed E-state index contributed by atoms with van der Waals surface area (Å²) in [5.41, 5.74) is 0.905. The second kappa shape index (κ2) is 4.05. The van der Waals surface area contributed by atoms with E-state index in [4.69, 9.17) is 4.74 Å². The van der Waals surface area contributed by atoms with Crippen molar-refractivity contribution in [3.05, 3.63) is 29.6 Å². The van der Waals surface area contributed by atoms with Crippen molar-refractivity contribution in [3.8, 4) is 5.75 Å². The number of hydrogen-bond donors (Lipinski definition) is 1. The first kappa shape index (κ1) is 10.8. The van der Waals surface area contributed by atoms with Crippen LogP contribution in [-0.2, 0) is 0 Å². The lowest BCUT2D eigenvalue weighted by atomic mass is 10.1. The maximum atomic E-state index is 13.2. The molecular weight excluding hydrogens is 211 g/mol. The predicted molar refractivity (Wildman–Crippen MR) is 62.2 cm³/mol. The first-order chi connectivity index (χ1) is 7.15. The Hall–Kier alpha value is -0.700. The Morgan fingerprint density at radius 3 is 2.73 bits per heavy atom. The van der Waals surface area contributed by atoms with Gasteiger partial charge in [-0.1, -0.05) is 6.07 Å². The number of thiol groups is 1. The van der Waals surface area contributed by atoms with Gasteiger partial charge in [0.15, 0.2) is 0 Å². The highest BCUT2D eigenvalue weighted by molar-refractivity contribution is 7.80. The van der Waals surface area contributed by atoms with Crippen LogP contribution in [0, 0.1) is 18.2 Å². The van der Waals surface area contributed by atoms with Gasteiger partial charge in [-0.15, -0.1) is 0 Å². The zero-order chi connectivity index (χ0) is 10.9. The molecule has 3 heteroatoms. The van der Waals surface area contributed by atoms with E-state index in [1.54, 1.807) is 13.0 Å². The first-order valence-electron chi connectivity index (χ1n) is 5.15. The van der Waals surface area contributed by atoms with Gasteiger partial charge in [-0.25, -0.2) is 4.39 Å². The third-order valence-corrected chi connectivity index (χ3v) is 3.65. The molecule has 0 atom stereocenters. The van der Waals surface area contributed by atoms with Crippen LogP contribution in [0.5, 0.6) is 5.75 Å². The summed E-state index contributed by atoms with van der Waals surface area (Å²) in [5.74, 6) is 1.26. The molecule has 0 spiro atoms. The minimum atomic E-state index is -0.205. The molecular formula is C12H15FOS. The summed E-state index contributed by atoms with van der Waals surface area (Å²) in [7, 11) is 0. The summed E-state index contributed by atoms with van der Waals surface area (Å²) in [5, 5.41) is 0. The fourth-order valence-electron chi connectivity index (χ4n) is 1.42. The van der Waals surface area contributed by atoms with Crippen molar-refractivity contribution in [2.45, 2.75) is 19.8 Å². The van der Waals surface area contributed by atoms with E-state index in [-0.39, 0.29) is 11.2 Å². The highest BCUT2D eigenvalue weighted by Gasteiger charge is 2.42. The monoisotopic (exact) mass is 226 g/mol. The summed E-state index contributed by atoms with van der Waals surface area (Å²) < 4.78 is 18.8. The fraction of sp³-hybridized carbons (Fsp3) is 0.500. The Morgan fingerprint density at radius 2 is 2.20 bits per heavy atom. The van der Waals surface area contributed by atoms with Gasteiger partial charge < -0.3 is 4.74 Å². The third kappa shape index (κ3) is 2.46. The van der Waals surface area contributed by atoms with E-state index in [2.05, 4.69) is 12.6 Å². The predicted octanol–water partition coefficient (Wildman–Crippen LogP) is 3.22.